The molecule has 3 nitrogen and oxygen atoms in total. The van der Waals surface area contributed by atoms with Gasteiger partial charge in [0.2, 0.25) is 0 Å². The van der Waals surface area contributed by atoms with E-state index >= 15 is 0 Å². The van der Waals surface area contributed by atoms with Gasteiger partial charge in [-0.15, -0.1) is 0 Å². The van der Waals surface area contributed by atoms with Crippen LogP contribution in [0.5, 0.6) is 0 Å². The standard InChI is InChI=1S/C20H14FNO2S/c21-18-11-13-20(14-12-18)25(23,24)22-19-8-4-7-17(15-19)10-9-16-5-2-1-3-6-16/h1-8,11-15,22H. The van der Waals surface area contributed by atoms with E-state index in [0.29, 0.717) is 11.3 Å². The predicted molar refractivity (Wildman–Crippen MR) is 96.1 cm³/mol. The van der Waals surface area contributed by atoms with E-state index in [2.05, 4.69) is 16.6 Å². The molecule has 0 aromatic heterocycles. The van der Waals surface area contributed by atoms with Crippen molar-refractivity contribution >= 4 is 15.7 Å². The lowest BCUT2D eigenvalue weighted by molar-refractivity contribution is 0.599. The fourth-order valence-electron chi connectivity index (χ4n) is 2.15. The topological polar surface area (TPSA) is 46.2 Å². The highest BCUT2D eigenvalue weighted by Gasteiger charge is 2.14. The minimum atomic E-state index is -3.78. The molecule has 5 heteroatoms. The van der Waals surface area contributed by atoms with E-state index in [1.165, 1.54) is 12.1 Å². The Morgan fingerprint density at radius 2 is 1.40 bits per heavy atom. The Morgan fingerprint density at radius 1 is 0.760 bits per heavy atom. The summed E-state index contributed by atoms with van der Waals surface area (Å²) in [6.45, 7) is 0. The quantitative estimate of drug-likeness (QED) is 0.724. The van der Waals surface area contributed by atoms with Crippen LogP contribution in [0.1, 0.15) is 11.1 Å². The monoisotopic (exact) mass is 351 g/mol. The molecule has 0 unspecified atom stereocenters. The third kappa shape index (κ3) is 4.46. The zero-order valence-electron chi connectivity index (χ0n) is 13.1. The molecule has 0 heterocycles. The molecule has 3 rings (SSSR count). The van der Waals surface area contributed by atoms with Crippen LogP contribution in [0, 0.1) is 17.7 Å². The van der Waals surface area contributed by atoms with E-state index in [1.54, 1.807) is 24.3 Å². The molecule has 0 saturated carbocycles. The zero-order valence-corrected chi connectivity index (χ0v) is 13.9. The molecule has 3 aromatic carbocycles. The van der Waals surface area contributed by atoms with E-state index in [4.69, 9.17) is 0 Å². The van der Waals surface area contributed by atoms with Crippen molar-refractivity contribution in [3.63, 3.8) is 0 Å². The first-order valence-electron chi connectivity index (χ1n) is 7.48. The Bertz CT molecular complexity index is 1030. The molecule has 0 amide bonds. The van der Waals surface area contributed by atoms with Gasteiger partial charge in [-0.3, -0.25) is 4.72 Å². The molecule has 0 aliphatic heterocycles. The maximum absolute atomic E-state index is 12.9. The zero-order chi connectivity index (χ0) is 17.7. The molecule has 0 saturated heterocycles. The van der Waals surface area contributed by atoms with Crippen LogP contribution in [0.3, 0.4) is 0 Å². The first-order chi connectivity index (χ1) is 12.0. The van der Waals surface area contributed by atoms with Gasteiger partial charge in [-0.05, 0) is 54.6 Å². The molecule has 3 aromatic rings. The Morgan fingerprint density at radius 3 is 2.12 bits per heavy atom. The highest BCUT2D eigenvalue weighted by Crippen LogP contribution is 2.17. The maximum Gasteiger partial charge on any atom is 0.261 e. The Balaban J connectivity index is 1.82. The second-order valence-electron chi connectivity index (χ2n) is 5.26. The summed E-state index contributed by atoms with van der Waals surface area (Å²) in [5.41, 5.74) is 1.95. The van der Waals surface area contributed by atoms with E-state index < -0.39 is 15.8 Å². The minimum Gasteiger partial charge on any atom is -0.280 e. The molecule has 0 bridgehead atoms. The van der Waals surface area contributed by atoms with Crippen LogP contribution >= 0.6 is 0 Å². The first-order valence-corrected chi connectivity index (χ1v) is 8.97. The summed E-state index contributed by atoms with van der Waals surface area (Å²) in [7, 11) is -3.78. The van der Waals surface area contributed by atoms with Crippen LogP contribution in [0.15, 0.2) is 83.8 Å². The lowest BCUT2D eigenvalue weighted by Crippen LogP contribution is -2.12. The molecule has 124 valence electrons. The summed E-state index contributed by atoms with van der Waals surface area (Å²) in [4.78, 5) is -0.00493. The summed E-state index contributed by atoms with van der Waals surface area (Å²) >= 11 is 0. The smallest absolute Gasteiger partial charge is 0.261 e. The number of nitrogens with one attached hydrogen (secondary N) is 1. The summed E-state index contributed by atoms with van der Waals surface area (Å²) in [6.07, 6.45) is 0. The second-order valence-corrected chi connectivity index (χ2v) is 6.94. The molecule has 1 N–H and O–H groups in total. The largest absolute Gasteiger partial charge is 0.280 e. The van der Waals surface area contributed by atoms with Gasteiger partial charge in [0.25, 0.3) is 10.0 Å². The average Bonchev–Trinajstić information content (AvgIpc) is 2.61. The number of anilines is 1. The first kappa shape index (κ1) is 16.7. The number of halogens is 1. The van der Waals surface area contributed by atoms with Crippen LogP contribution in [0.2, 0.25) is 0 Å². The Hall–Kier alpha value is -3.10. The van der Waals surface area contributed by atoms with Crippen LogP contribution in [0.25, 0.3) is 0 Å². The average molecular weight is 351 g/mol. The Kier molecular flexibility index (Phi) is 4.82. The van der Waals surface area contributed by atoms with Gasteiger partial charge >= 0.3 is 0 Å². The minimum absolute atomic E-state index is 0.00493. The van der Waals surface area contributed by atoms with Crippen molar-refractivity contribution < 1.29 is 12.8 Å². The van der Waals surface area contributed by atoms with E-state index in [-0.39, 0.29) is 4.90 Å². The van der Waals surface area contributed by atoms with Gasteiger partial charge in [0.15, 0.2) is 0 Å². The number of hydrogen-bond donors (Lipinski definition) is 1. The van der Waals surface area contributed by atoms with Crippen molar-refractivity contribution in [1.29, 1.82) is 0 Å². The predicted octanol–water partition coefficient (Wildman–Crippen LogP) is 4.03. The van der Waals surface area contributed by atoms with Crippen molar-refractivity contribution in [1.82, 2.24) is 0 Å². The van der Waals surface area contributed by atoms with Crippen molar-refractivity contribution in [2.45, 2.75) is 4.90 Å². The fraction of sp³-hybridized carbons (Fsp3) is 0. The highest BCUT2D eigenvalue weighted by molar-refractivity contribution is 7.92. The molecular weight excluding hydrogens is 337 g/mol. The fourth-order valence-corrected chi connectivity index (χ4v) is 3.20. The van der Waals surface area contributed by atoms with Crippen LogP contribution in [0.4, 0.5) is 10.1 Å². The third-order valence-electron chi connectivity index (χ3n) is 3.36. The van der Waals surface area contributed by atoms with E-state index in [9.17, 15) is 12.8 Å². The van der Waals surface area contributed by atoms with Gasteiger partial charge in [0.1, 0.15) is 5.82 Å². The molecule has 0 radical (unpaired) electrons. The molecule has 0 spiro atoms. The summed E-state index contributed by atoms with van der Waals surface area (Å²) < 4.78 is 40.1. The van der Waals surface area contributed by atoms with Crippen molar-refractivity contribution in [3.8, 4) is 11.8 Å². The highest BCUT2D eigenvalue weighted by atomic mass is 32.2. The number of benzene rings is 3. The van der Waals surface area contributed by atoms with Crippen molar-refractivity contribution in [3.05, 3.63) is 95.8 Å². The number of rotatable bonds is 3. The number of sulfonamides is 1. The second kappa shape index (κ2) is 7.20. The van der Waals surface area contributed by atoms with Crippen LogP contribution < -0.4 is 4.72 Å². The molecule has 0 fully saturated rings. The summed E-state index contributed by atoms with van der Waals surface area (Å²) in [5.74, 6) is 5.53. The molecule has 0 atom stereocenters. The van der Waals surface area contributed by atoms with Gasteiger partial charge < -0.3 is 0 Å². The van der Waals surface area contributed by atoms with Crippen molar-refractivity contribution in [2.75, 3.05) is 4.72 Å². The Labute approximate surface area is 146 Å². The van der Waals surface area contributed by atoms with Gasteiger partial charge in [0, 0.05) is 11.1 Å². The summed E-state index contributed by atoms with van der Waals surface area (Å²) in [6, 6.07) is 21.0. The van der Waals surface area contributed by atoms with Gasteiger partial charge in [-0.25, -0.2) is 12.8 Å². The number of hydrogen-bond acceptors (Lipinski definition) is 2. The van der Waals surface area contributed by atoms with Gasteiger partial charge in [-0.2, -0.15) is 0 Å². The van der Waals surface area contributed by atoms with Gasteiger partial charge in [-0.1, -0.05) is 36.1 Å². The van der Waals surface area contributed by atoms with Gasteiger partial charge in [0.05, 0.1) is 10.6 Å². The van der Waals surface area contributed by atoms with Crippen molar-refractivity contribution in [2.24, 2.45) is 0 Å². The van der Waals surface area contributed by atoms with E-state index in [0.717, 1.165) is 17.7 Å². The molecular formula is C20H14FNO2S. The lowest BCUT2D eigenvalue weighted by Gasteiger charge is -2.08. The van der Waals surface area contributed by atoms with E-state index in [1.807, 2.05) is 30.3 Å². The molecule has 0 aliphatic rings. The molecule has 25 heavy (non-hydrogen) atoms. The summed E-state index contributed by atoms with van der Waals surface area (Å²) in [5, 5.41) is 0. The maximum atomic E-state index is 12.9. The lowest BCUT2D eigenvalue weighted by atomic mass is 10.2. The third-order valence-corrected chi connectivity index (χ3v) is 4.76. The van der Waals surface area contributed by atoms with Crippen LogP contribution in [-0.4, -0.2) is 8.42 Å². The SMILES string of the molecule is O=S(=O)(Nc1cccc(C#Cc2ccccc2)c1)c1ccc(F)cc1. The normalized spacial score (nSPS) is 10.6. The molecule has 0 aliphatic carbocycles. The van der Waals surface area contributed by atoms with Crippen LogP contribution in [-0.2, 0) is 10.0 Å².